The van der Waals surface area contributed by atoms with Crippen LogP contribution >= 0.6 is 15.9 Å². The number of ether oxygens (including phenoxy) is 1. The fourth-order valence-electron chi connectivity index (χ4n) is 2.49. The largest absolute Gasteiger partial charge is 0.495 e. The molecule has 0 saturated carbocycles. The van der Waals surface area contributed by atoms with Crippen molar-refractivity contribution in [1.29, 1.82) is 0 Å². The van der Waals surface area contributed by atoms with Crippen molar-refractivity contribution in [2.45, 2.75) is 32.7 Å². The van der Waals surface area contributed by atoms with Crippen molar-refractivity contribution in [2.24, 2.45) is 0 Å². The number of rotatable bonds is 5. The summed E-state index contributed by atoms with van der Waals surface area (Å²) in [7, 11) is 1.58. The molecule has 1 heterocycles. The number of nitrogens with one attached hydrogen (secondary N) is 1. The summed E-state index contributed by atoms with van der Waals surface area (Å²) in [5, 5.41) is 3.17. The SMILES string of the molecule is CCCN1C(=O)CC(Nc2c(C)cc(Br)cc2OC)C1=O. The van der Waals surface area contributed by atoms with E-state index in [9.17, 15) is 9.59 Å². The molecular formula is C15H19BrN2O3. The Hall–Kier alpha value is -1.56. The molecule has 21 heavy (non-hydrogen) atoms. The lowest BCUT2D eigenvalue weighted by molar-refractivity contribution is -0.138. The molecule has 1 fully saturated rings. The Bertz CT molecular complexity index is 574. The number of carbonyl (C=O) groups is 2. The lowest BCUT2D eigenvalue weighted by Crippen LogP contribution is -2.35. The summed E-state index contributed by atoms with van der Waals surface area (Å²) in [6, 6.07) is 3.26. The van der Waals surface area contributed by atoms with Gasteiger partial charge in [0.15, 0.2) is 0 Å². The van der Waals surface area contributed by atoms with Crippen LogP contribution in [0.2, 0.25) is 0 Å². The second kappa shape index (κ2) is 6.47. The van der Waals surface area contributed by atoms with Gasteiger partial charge in [0.1, 0.15) is 11.8 Å². The van der Waals surface area contributed by atoms with Crippen LogP contribution in [0.5, 0.6) is 5.75 Å². The highest BCUT2D eigenvalue weighted by Gasteiger charge is 2.38. The summed E-state index contributed by atoms with van der Waals surface area (Å²) in [6.07, 6.45) is 0.961. The quantitative estimate of drug-likeness (QED) is 0.826. The first-order chi connectivity index (χ1) is 9.97. The Labute approximate surface area is 132 Å². The molecule has 1 aliphatic rings. The summed E-state index contributed by atoms with van der Waals surface area (Å²) in [4.78, 5) is 25.5. The van der Waals surface area contributed by atoms with E-state index in [1.807, 2.05) is 26.0 Å². The first-order valence-corrected chi connectivity index (χ1v) is 7.72. The van der Waals surface area contributed by atoms with Gasteiger partial charge in [-0.3, -0.25) is 14.5 Å². The number of anilines is 1. The molecule has 1 aromatic carbocycles. The number of carbonyl (C=O) groups excluding carboxylic acids is 2. The molecule has 6 heteroatoms. The molecule has 1 atom stereocenters. The zero-order valence-corrected chi connectivity index (χ0v) is 14.0. The van der Waals surface area contributed by atoms with Gasteiger partial charge < -0.3 is 10.1 Å². The van der Waals surface area contributed by atoms with Crippen molar-refractivity contribution in [3.05, 3.63) is 22.2 Å². The van der Waals surface area contributed by atoms with E-state index in [4.69, 9.17) is 4.74 Å². The Balaban J connectivity index is 2.23. The van der Waals surface area contributed by atoms with Crippen LogP contribution in [0.25, 0.3) is 0 Å². The fraction of sp³-hybridized carbons (Fsp3) is 0.467. The molecule has 0 aromatic heterocycles. The van der Waals surface area contributed by atoms with Gasteiger partial charge in [-0.1, -0.05) is 22.9 Å². The maximum atomic E-state index is 12.3. The van der Waals surface area contributed by atoms with E-state index in [1.54, 1.807) is 7.11 Å². The number of likely N-dealkylation sites (tertiary alicyclic amines) is 1. The fourth-order valence-corrected chi connectivity index (χ4v) is 3.04. The van der Waals surface area contributed by atoms with Crippen molar-refractivity contribution in [3.63, 3.8) is 0 Å². The van der Waals surface area contributed by atoms with Crippen LogP contribution < -0.4 is 10.1 Å². The minimum absolute atomic E-state index is 0.118. The van der Waals surface area contributed by atoms with E-state index in [0.29, 0.717) is 12.3 Å². The van der Waals surface area contributed by atoms with Gasteiger partial charge in [-0.05, 0) is 31.0 Å². The van der Waals surface area contributed by atoms with Crippen molar-refractivity contribution in [2.75, 3.05) is 19.0 Å². The van der Waals surface area contributed by atoms with Gasteiger partial charge in [0.2, 0.25) is 5.91 Å². The molecular weight excluding hydrogens is 336 g/mol. The Kier molecular flexibility index (Phi) is 4.88. The molecule has 0 spiro atoms. The van der Waals surface area contributed by atoms with E-state index in [2.05, 4.69) is 21.2 Å². The number of aryl methyl sites for hydroxylation is 1. The Morgan fingerprint density at radius 3 is 2.76 bits per heavy atom. The predicted molar refractivity (Wildman–Crippen MR) is 84.5 cm³/mol. The number of hydrogen-bond donors (Lipinski definition) is 1. The van der Waals surface area contributed by atoms with Crippen molar-refractivity contribution < 1.29 is 14.3 Å². The highest BCUT2D eigenvalue weighted by atomic mass is 79.9. The molecule has 1 unspecified atom stereocenters. The number of halogens is 1. The van der Waals surface area contributed by atoms with Crippen LogP contribution in [-0.4, -0.2) is 36.4 Å². The van der Waals surface area contributed by atoms with Gasteiger partial charge in [-0.25, -0.2) is 0 Å². The molecule has 5 nitrogen and oxygen atoms in total. The third-order valence-electron chi connectivity index (χ3n) is 3.49. The number of imide groups is 1. The number of hydrogen-bond acceptors (Lipinski definition) is 4. The van der Waals surface area contributed by atoms with Gasteiger partial charge in [-0.15, -0.1) is 0 Å². The Morgan fingerprint density at radius 2 is 2.14 bits per heavy atom. The first-order valence-electron chi connectivity index (χ1n) is 6.92. The summed E-state index contributed by atoms with van der Waals surface area (Å²) >= 11 is 3.42. The second-order valence-corrected chi connectivity index (χ2v) is 6.00. The van der Waals surface area contributed by atoms with E-state index in [1.165, 1.54) is 4.90 Å². The molecule has 1 saturated heterocycles. The second-order valence-electron chi connectivity index (χ2n) is 5.08. The molecule has 2 amide bonds. The highest BCUT2D eigenvalue weighted by Crippen LogP contribution is 2.33. The summed E-state index contributed by atoms with van der Waals surface area (Å²) < 4.78 is 6.26. The molecule has 2 rings (SSSR count). The third kappa shape index (κ3) is 3.20. The van der Waals surface area contributed by atoms with Crippen LogP contribution in [-0.2, 0) is 9.59 Å². The number of nitrogens with zero attached hydrogens (tertiary/aromatic N) is 1. The molecule has 1 aliphatic heterocycles. The predicted octanol–water partition coefficient (Wildman–Crippen LogP) is 2.72. The van der Waals surface area contributed by atoms with Crippen LogP contribution in [0.3, 0.4) is 0 Å². The molecule has 0 bridgehead atoms. The maximum Gasteiger partial charge on any atom is 0.252 e. The monoisotopic (exact) mass is 354 g/mol. The van der Waals surface area contributed by atoms with Crippen molar-refractivity contribution in [3.8, 4) is 5.75 Å². The average molecular weight is 355 g/mol. The highest BCUT2D eigenvalue weighted by molar-refractivity contribution is 9.10. The van der Waals surface area contributed by atoms with Crippen LogP contribution in [0.15, 0.2) is 16.6 Å². The van der Waals surface area contributed by atoms with Gasteiger partial charge in [0.25, 0.3) is 5.91 Å². The minimum Gasteiger partial charge on any atom is -0.495 e. The van der Waals surface area contributed by atoms with E-state index in [-0.39, 0.29) is 18.2 Å². The average Bonchev–Trinajstić information content (AvgIpc) is 2.69. The van der Waals surface area contributed by atoms with Gasteiger partial charge in [0, 0.05) is 11.0 Å². The van der Waals surface area contributed by atoms with E-state index < -0.39 is 6.04 Å². The third-order valence-corrected chi connectivity index (χ3v) is 3.95. The zero-order valence-electron chi connectivity index (χ0n) is 12.4. The first kappa shape index (κ1) is 15.8. The normalized spacial score (nSPS) is 18.3. The standard InChI is InChI=1S/C15H19BrN2O3/c1-4-5-18-13(19)8-11(15(18)20)17-14-9(2)6-10(16)7-12(14)21-3/h6-7,11,17H,4-5,8H2,1-3H3. The summed E-state index contributed by atoms with van der Waals surface area (Å²) in [6.45, 7) is 4.36. The molecule has 0 radical (unpaired) electrons. The Morgan fingerprint density at radius 1 is 1.43 bits per heavy atom. The number of methoxy groups -OCH3 is 1. The molecule has 1 N–H and O–H groups in total. The van der Waals surface area contributed by atoms with Crippen molar-refractivity contribution in [1.82, 2.24) is 4.90 Å². The number of amides is 2. The smallest absolute Gasteiger partial charge is 0.252 e. The summed E-state index contributed by atoms with van der Waals surface area (Å²) in [5.74, 6) is 0.371. The van der Waals surface area contributed by atoms with Crippen LogP contribution in [0.1, 0.15) is 25.3 Å². The lowest BCUT2D eigenvalue weighted by atomic mass is 10.1. The lowest BCUT2D eigenvalue weighted by Gasteiger charge is -2.18. The topological polar surface area (TPSA) is 58.6 Å². The maximum absolute atomic E-state index is 12.3. The molecule has 0 aliphatic carbocycles. The van der Waals surface area contributed by atoms with Gasteiger partial charge in [-0.2, -0.15) is 0 Å². The minimum atomic E-state index is -0.516. The molecule has 1 aromatic rings. The van der Waals surface area contributed by atoms with E-state index >= 15 is 0 Å². The van der Waals surface area contributed by atoms with Gasteiger partial charge >= 0.3 is 0 Å². The van der Waals surface area contributed by atoms with Gasteiger partial charge in [0.05, 0.1) is 19.2 Å². The number of benzene rings is 1. The summed E-state index contributed by atoms with van der Waals surface area (Å²) in [5.41, 5.74) is 1.71. The van der Waals surface area contributed by atoms with Crippen LogP contribution in [0.4, 0.5) is 5.69 Å². The van der Waals surface area contributed by atoms with Crippen LogP contribution in [0, 0.1) is 6.92 Å². The molecule has 114 valence electrons. The van der Waals surface area contributed by atoms with E-state index in [0.717, 1.165) is 22.1 Å². The van der Waals surface area contributed by atoms with Crippen molar-refractivity contribution >= 4 is 33.4 Å². The zero-order chi connectivity index (χ0) is 15.6.